The summed E-state index contributed by atoms with van der Waals surface area (Å²) in [7, 11) is 1.64. The number of ether oxygens (including phenoxy) is 2. The lowest BCUT2D eigenvalue weighted by Crippen LogP contribution is -2.44. The van der Waals surface area contributed by atoms with Crippen LogP contribution in [0.2, 0.25) is 0 Å². The molecular weight excluding hydrogens is 230 g/mol. The van der Waals surface area contributed by atoms with E-state index in [0.717, 1.165) is 5.92 Å². The molecule has 2 fully saturated rings. The van der Waals surface area contributed by atoms with Gasteiger partial charge in [0.2, 0.25) is 5.91 Å². The summed E-state index contributed by atoms with van der Waals surface area (Å²) in [6.45, 7) is 3.43. The van der Waals surface area contributed by atoms with Gasteiger partial charge in [-0.25, -0.2) is 0 Å². The zero-order valence-corrected chi connectivity index (χ0v) is 11.6. The van der Waals surface area contributed by atoms with Crippen LogP contribution in [0.15, 0.2) is 0 Å². The van der Waals surface area contributed by atoms with Crippen LogP contribution in [-0.2, 0) is 14.3 Å². The zero-order valence-electron chi connectivity index (χ0n) is 11.6. The summed E-state index contributed by atoms with van der Waals surface area (Å²) in [5.74, 6) is 0.893. The average molecular weight is 255 g/mol. The van der Waals surface area contributed by atoms with Gasteiger partial charge in [-0.15, -0.1) is 0 Å². The van der Waals surface area contributed by atoms with Gasteiger partial charge in [-0.3, -0.25) is 4.79 Å². The van der Waals surface area contributed by atoms with Gasteiger partial charge in [0.1, 0.15) is 6.61 Å². The van der Waals surface area contributed by atoms with Gasteiger partial charge in [-0.05, 0) is 32.1 Å². The maximum Gasteiger partial charge on any atom is 0.249 e. The molecule has 0 N–H and O–H groups in total. The van der Waals surface area contributed by atoms with Crippen molar-refractivity contribution in [2.45, 2.75) is 51.1 Å². The van der Waals surface area contributed by atoms with Crippen LogP contribution in [0.5, 0.6) is 0 Å². The van der Waals surface area contributed by atoms with Crippen LogP contribution in [0.25, 0.3) is 0 Å². The van der Waals surface area contributed by atoms with Crippen LogP contribution in [0.4, 0.5) is 0 Å². The van der Waals surface area contributed by atoms with Gasteiger partial charge in [-0.1, -0.05) is 12.8 Å². The van der Waals surface area contributed by atoms with Crippen molar-refractivity contribution in [3.05, 3.63) is 0 Å². The van der Waals surface area contributed by atoms with Crippen molar-refractivity contribution < 1.29 is 14.3 Å². The number of likely N-dealkylation sites (tertiary alicyclic amines) is 1. The molecule has 0 radical (unpaired) electrons. The summed E-state index contributed by atoms with van der Waals surface area (Å²) in [5, 5.41) is 0. The first-order valence-corrected chi connectivity index (χ1v) is 7.12. The highest BCUT2D eigenvalue weighted by molar-refractivity contribution is 5.78. The summed E-state index contributed by atoms with van der Waals surface area (Å²) in [5.41, 5.74) is 0. The molecular formula is C14H25NO3. The molecule has 1 aliphatic carbocycles. The maximum atomic E-state index is 12.2. The molecule has 4 heteroatoms. The first-order valence-electron chi connectivity index (χ1n) is 7.12. The van der Waals surface area contributed by atoms with Gasteiger partial charge in [0.15, 0.2) is 0 Å². The number of fused-ring (bicyclic) bond motifs is 1. The molecule has 0 unspecified atom stereocenters. The number of rotatable bonds is 5. The van der Waals surface area contributed by atoms with Crippen molar-refractivity contribution in [3.8, 4) is 0 Å². The lowest BCUT2D eigenvalue weighted by molar-refractivity contribution is -0.140. The van der Waals surface area contributed by atoms with Crippen molar-refractivity contribution >= 4 is 5.91 Å². The van der Waals surface area contributed by atoms with Gasteiger partial charge in [0, 0.05) is 19.2 Å². The Balaban J connectivity index is 1.84. The molecule has 1 saturated carbocycles. The van der Waals surface area contributed by atoms with E-state index in [0.29, 0.717) is 25.3 Å². The second-order valence-corrected chi connectivity index (χ2v) is 5.54. The Morgan fingerprint density at radius 2 is 2.06 bits per heavy atom. The van der Waals surface area contributed by atoms with Gasteiger partial charge < -0.3 is 14.4 Å². The number of nitrogens with zero attached hydrogens (tertiary/aromatic N) is 1. The van der Waals surface area contributed by atoms with E-state index in [1.807, 2.05) is 0 Å². The third-order valence-electron chi connectivity index (χ3n) is 4.29. The molecule has 1 amide bonds. The first-order chi connectivity index (χ1) is 8.74. The zero-order chi connectivity index (χ0) is 13.0. The quantitative estimate of drug-likeness (QED) is 0.704. The molecule has 3 atom stereocenters. The van der Waals surface area contributed by atoms with Crippen molar-refractivity contribution in [3.63, 3.8) is 0 Å². The Morgan fingerprint density at radius 1 is 1.28 bits per heavy atom. The molecule has 0 spiro atoms. The van der Waals surface area contributed by atoms with E-state index in [4.69, 9.17) is 9.47 Å². The van der Waals surface area contributed by atoms with Crippen molar-refractivity contribution in [1.82, 2.24) is 4.90 Å². The molecule has 2 aliphatic rings. The van der Waals surface area contributed by atoms with E-state index in [1.54, 1.807) is 7.11 Å². The van der Waals surface area contributed by atoms with E-state index < -0.39 is 0 Å². The predicted molar refractivity (Wildman–Crippen MR) is 69.4 cm³/mol. The lowest BCUT2D eigenvalue weighted by Gasteiger charge is -2.33. The van der Waals surface area contributed by atoms with Crippen LogP contribution < -0.4 is 0 Å². The molecule has 104 valence electrons. The SMILES string of the molecule is COCCOCC(=O)N1[C@H](C)C[C@H]2CCCC[C@H]21. The maximum absolute atomic E-state index is 12.2. The molecule has 0 aromatic carbocycles. The highest BCUT2D eigenvalue weighted by Gasteiger charge is 2.42. The van der Waals surface area contributed by atoms with Crippen LogP contribution in [0.3, 0.4) is 0 Å². The third-order valence-corrected chi connectivity index (χ3v) is 4.29. The van der Waals surface area contributed by atoms with Crippen LogP contribution in [0.1, 0.15) is 39.0 Å². The molecule has 0 aromatic rings. The molecule has 0 bridgehead atoms. The van der Waals surface area contributed by atoms with Crippen LogP contribution in [0, 0.1) is 5.92 Å². The Morgan fingerprint density at radius 3 is 2.83 bits per heavy atom. The number of hydrogen-bond donors (Lipinski definition) is 0. The van der Waals surface area contributed by atoms with E-state index in [9.17, 15) is 4.79 Å². The van der Waals surface area contributed by atoms with Gasteiger partial charge in [0.25, 0.3) is 0 Å². The smallest absolute Gasteiger partial charge is 0.249 e. The van der Waals surface area contributed by atoms with Crippen molar-refractivity contribution in [2.75, 3.05) is 26.9 Å². The number of carbonyl (C=O) groups is 1. The Hall–Kier alpha value is -0.610. The van der Waals surface area contributed by atoms with Crippen molar-refractivity contribution in [2.24, 2.45) is 5.92 Å². The fourth-order valence-corrected chi connectivity index (χ4v) is 3.51. The Bertz CT molecular complexity index is 282. The lowest BCUT2D eigenvalue weighted by atomic mass is 9.85. The fourth-order valence-electron chi connectivity index (χ4n) is 3.51. The highest BCUT2D eigenvalue weighted by Crippen LogP contribution is 2.39. The van der Waals surface area contributed by atoms with E-state index in [2.05, 4.69) is 11.8 Å². The summed E-state index contributed by atoms with van der Waals surface area (Å²) in [4.78, 5) is 14.3. The minimum Gasteiger partial charge on any atom is -0.382 e. The molecule has 1 saturated heterocycles. The summed E-state index contributed by atoms with van der Waals surface area (Å²) < 4.78 is 10.3. The summed E-state index contributed by atoms with van der Waals surface area (Å²) >= 11 is 0. The highest BCUT2D eigenvalue weighted by atomic mass is 16.5. The van der Waals surface area contributed by atoms with E-state index in [1.165, 1.54) is 32.1 Å². The third kappa shape index (κ3) is 3.04. The number of carbonyl (C=O) groups excluding carboxylic acids is 1. The molecule has 1 aliphatic heterocycles. The fraction of sp³-hybridized carbons (Fsp3) is 0.929. The first kappa shape index (κ1) is 13.8. The monoisotopic (exact) mass is 255 g/mol. The molecule has 0 aromatic heterocycles. The normalized spacial score (nSPS) is 31.4. The summed E-state index contributed by atoms with van der Waals surface area (Å²) in [6.07, 6.45) is 6.25. The largest absolute Gasteiger partial charge is 0.382 e. The van der Waals surface area contributed by atoms with Crippen molar-refractivity contribution in [1.29, 1.82) is 0 Å². The molecule has 18 heavy (non-hydrogen) atoms. The number of methoxy groups -OCH3 is 1. The second kappa shape index (κ2) is 6.53. The number of amides is 1. The average Bonchev–Trinajstić information content (AvgIpc) is 2.70. The van der Waals surface area contributed by atoms with Gasteiger partial charge in [-0.2, -0.15) is 0 Å². The number of hydrogen-bond acceptors (Lipinski definition) is 3. The minimum absolute atomic E-state index is 0.160. The molecule has 2 rings (SSSR count). The van der Waals surface area contributed by atoms with Crippen LogP contribution in [-0.4, -0.2) is 49.8 Å². The van der Waals surface area contributed by atoms with E-state index >= 15 is 0 Å². The predicted octanol–water partition coefficient (Wildman–Crippen LogP) is 1.83. The van der Waals surface area contributed by atoms with Gasteiger partial charge >= 0.3 is 0 Å². The molecule has 4 nitrogen and oxygen atoms in total. The van der Waals surface area contributed by atoms with Crippen LogP contribution >= 0.6 is 0 Å². The Labute approximate surface area is 110 Å². The minimum atomic E-state index is 0.160. The molecule has 1 heterocycles. The summed E-state index contributed by atoms with van der Waals surface area (Å²) in [6, 6.07) is 0.865. The topological polar surface area (TPSA) is 38.8 Å². The van der Waals surface area contributed by atoms with E-state index in [-0.39, 0.29) is 12.5 Å². The Kier molecular flexibility index (Phi) is 5.01. The standard InChI is InChI=1S/C14H25NO3/c1-11-9-12-5-3-4-6-13(12)15(11)14(16)10-18-8-7-17-2/h11-13H,3-10H2,1-2H3/t11-,12-,13-/m1/s1. The van der Waals surface area contributed by atoms with Gasteiger partial charge in [0.05, 0.1) is 13.2 Å². The second-order valence-electron chi connectivity index (χ2n) is 5.54.